The fourth-order valence-corrected chi connectivity index (χ4v) is 3.87. The fraction of sp³-hybridized carbons (Fsp3) is 0.500. The lowest BCUT2D eigenvalue weighted by Crippen LogP contribution is -2.41. The topological polar surface area (TPSA) is 26.3 Å². The Morgan fingerprint density at radius 2 is 1.94 bits per heavy atom. The summed E-state index contributed by atoms with van der Waals surface area (Å²) in [5.41, 5.74) is 0.802. The highest BCUT2D eigenvalue weighted by molar-refractivity contribution is 6.02. The van der Waals surface area contributed by atoms with E-state index < -0.39 is 0 Å². The van der Waals surface area contributed by atoms with Gasteiger partial charge in [-0.05, 0) is 43.2 Å². The van der Waals surface area contributed by atoms with Crippen molar-refractivity contribution in [2.45, 2.75) is 25.4 Å². The van der Waals surface area contributed by atoms with E-state index in [1.165, 1.54) is 19.3 Å². The molecule has 82 valence electrons. The van der Waals surface area contributed by atoms with E-state index in [1.807, 2.05) is 24.3 Å². The molecule has 1 aliphatic heterocycles. The van der Waals surface area contributed by atoms with Gasteiger partial charge in [0.2, 0.25) is 0 Å². The first-order valence-electron chi connectivity index (χ1n) is 6.14. The number of rotatable bonds is 0. The SMILES string of the molecule is O=C1c2ccccc2O[C@H]2[C@@H]3CC[C@@H](C3)[C@@H]12. The molecule has 2 saturated carbocycles. The zero-order valence-corrected chi connectivity index (χ0v) is 9.06. The van der Waals surface area contributed by atoms with Crippen molar-refractivity contribution in [3.05, 3.63) is 29.8 Å². The van der Waals surface area contributed by atoms with Crippen molar-refractivity contribution in [2.24, 2.45) is 17.8 Å². The molecule has 2 fully saturated rings. The third kappa shape index (κ3) is 0.952. The van der Waals surface area contributed by atoms with E-state index in [1.54, 1.807) is 0 Å². The highest BCUT2D eigenvalue weighted by atomic mass is 16.5. The zero-order valence-electron chi connectivity index (χ0n) is 9.06. The summed E-state index contributed by atoms with van der Waals surface area (Å²) < 4.78 is 6.04. The van der Waals surface area contributed by atoms with Crippen LogP contribution in [0.15, 0.2) is 24.3 Å². The Bertz CT molecular complexity index is 466. The first-order valence-corrected chi connectivity index (χ1v) is 6.14. The standard InChI is InChI=1S/C14H14O2/c15-13-10-3-1-2-4-11(10)16-14-9-6-5-8(7-9)12(13)14/h1-4,8-9,12,14H,5-7H2/t8-,9+,12-,14-/m0/s1. The molecule has 2 aliphatic carbocycles. The van der Waals surface area contributed by atoms with Crippen molar-refractivity contribution in [3.63, 3.8) is 0 Å². The van der Waals surface area contributed by atoms with Gasteiger partial charge >= 0.3 is 0 Å². The minimum absolute atomic E-state index is 0.161. The number of carbonyl (C=O) groups excluding carboxylic acids is 1. The third-order valence-electron chi connectivity index (χ3n) is 4.56. The largest absolute Gasteiger partial charge is 0.489 e. The molecule has 4 rings (SSSR count). The van der Waals surface area contributed by atoms with Gasteiger partial charge in [-0.25, -0.2) is 0 Å². The number of fused-ring (bicyclic) bond motifs is 6. The van der Waals surface area contributed by atoms with Crippen molar-refractivity contribution < 1.29 is 9.53 Å². The second kappa shape index (κ2) is 2.88. The van der Waals surface area contributed by atoms with Crippen LogP contribution in [0.3, 0.4) is 0 Å². The minimum atomic E-state index is 0.161. The van der Waals surface area contributed by atoms with Gasteiger partial charge in [0.1, 0.15) is 11.9 Å². The normalized spacial score (nSPS) is 39.1. The molecule has 0 saturated heterocycles. The van der Waals surface area contributed by atoms with E-state index in [9.17, 15) is 4.79 Å². The molecular formula is C14H14O2. The van der Waals surface area contributed by atoms with E-state index >= 15 is 0 Å². The fourth-order valence-electron chi connectivity index (χ4n) is 3.87. The molecule has 0 unspecified atom stereocenters. The predicted molar refractivity (Wildman–Crippen MR) is 59.5 cm³/mol. The minimum Gasteiger partial charge on any atom is -0.489 e. The maximum absolute atomic E-state index is 12.4. The number of para-hydroxylation sites is 1. The van der Waals surface area contributed by atoms with Crippen molar-refractivity contribution in [1.29, 1.82) is 0 Å². The van der Waals surface area contributed by atoms with Crippen molar-refractivity contribution in [1.82, 2.24) is 0 Å². The molecule has 0 aromatic heterocycles. The van der Waals surface area contributed by atoms with E-state index in [0.717, 1.165) is 11.3 Å². The van der Waals surface area contributed by atoms with Gasteiger partial charge in [-0.15, -0.1) is 0 Å². The van der Waals surface area contributed by atoms with Gasteiger partial charge in [0.05, 0.1) is 11.5 Å². The van der Waals surface area contributed by atoms with Gasteiger partial charge < -0.3 is 4.74 Å². The predicted octanol–water partition coefficient (Wildman–Crippen LogP) is 2.68. The van der Waals surface area contributed by atoms with E-state index in [0.29, 0.717) is 17.6 Å². The second-order valence-electron chi connectivity index (χ2n) is 5.30. The maximum atomic E-state index is 12.4. The molecule has 1 heterocycles. The highest BCUT2D eigenvalue weighted by Crippen LogP contribution is 2.53. The Labute approximate surface area is 94.6 Å². The molecule has 0 radical (unpaired) electrons. The van der Waals surface area contributed by atoms with Crippen LogP contribution in [-0.4, -0.2) is 11.9 Å². The monoisotopic (exact) mass is 214 g/mol. The summed E-state index contributed by atoms with van der Waals surface area (Å²) >= 11 is 0. The van der Waals surface area contributed by atoms with Crippen LogP contribution in [0.25, 0.3) is 0 Å². The quantitative estimate of drug-likeness (QED) is 0.663. The summed E-state index contributed by atoms with van der Waals surface area (Å²) in [6.45, 7) is 0. The number of hydrogen-bond acceptors (Lipinski definition) is 2. The van der Waals surface area contributed by atoms with Crippen LogP contribution in [0.5, 0.6) is 5.75 Å². The number of ether oxygens (including phenoxy) is 1. The van der Waals surface area contributed by atoms with Crippen LogP contribution >= 0.6 is 0 Å². The Hall–Kier alpha value is -1.31. The lowest BCUT2D eigenvalue weighted by molar-refractivity contribution is 0.0480. The Morgan fingerprint density at radius 1 is 1.12 bits per heavy atom. The van der Waals surface area contributed by atoms with Crippen LogP contribution in [0.2, 0.25) is 0 Å². The van der Waals surface area contributed by atoms with Gasteiger partial charge in [0, 0.05) is 0 Å². The molecule has 1 aromatic rings. The zero-order chi connectivity index (χ0) is 10.7. The number of benzene rings is 1. The van der Waals surface area contributed by atoms with Crippen LogP contribution in [0.4, 0.5) is 0 Å². The summed E-state index contributed by atoms with van der Waals surface area (Å²) in [7, 11) is 0. The number of carbonyl (C=O) groups is 1. The van der Waals surface area contributed by atoms with Crippen molar-refractivity contribution in [3.8, 4) is 5.75 Å². The summed E-state index contributed by atoms with van der Waals surface area (Å²) in [5, 5.41) is 0. The molecule has 16 heavy (non-hydrogen) atoms. The van der Waals surface area contributed by atoms with Gasteiger partial charge in [-0.3, -0.25) is 4.79 Å². The van der Waals surface area contributed by atoms with Crippen LogP contribution < -0.4 is 4.74 Å². The van der Waals surface area contributed by atoms with E-state index in [-0.39, 0.29) is 12.0 Å². The first-order chi connectivity index (χ1) is 7.84. The van der Waals surface area contributed by atoms with Crippen LogP contribution in [-0.2, 0) is 0 Å². The Balaban J connectivity index is 1.83. The molecule has 2 heteroatoms. The smallest absolute Gasteiger partial charge is 0.173 e. The first kappa shape index (κ1) is 8.80. The van der Waals surface area contributed by atoms with Gasteiger partial charge in [0.15, 0.2) is 5.78 Å². The summed E-state index contributed by atoms with van der Waals surface area (Å²) in [5.74, 6) is 2.53. The molecule has 4 atom stereocenters. The number of Topliss-reactive ketones (excluding diaryl/α,β-unsaturated/α-hetero) is 1. The lowest BCUT2D eigenvalue weighted by Gasteiger charge is -2.35. The maximum Gasteiger partial charge on any atom is 0.173 e. The highest BCUT2D eigenvalue weighted by Gasteiger charge is 2.54. The third-order valence-corrected chi connectivity index (χ3v) is 4.56. The van der Waals surface area contributed by atoms with E-state index in [2.05, 4.69) is 0 Å². The lowest BCUT2D eigenvalue weighted by atomic mass is 9.79. The summed E-state index contributed by atoms with van der Waals surface area (Å²) in [6.07, 6.45) is 3.86. The van der Waals surface area contributed by atoms with Crippen LogP contribution in [0.1, 0.15) is 29.6 Å². The molecule has 0 spiro atoms. The average molecular weight is 214 g/mol. The second-order valence-corrected chi connectivity index (χ2v) is 5.30. The molecule has 2 bridgehead atoms. The van der Waals surface area contributed by atoms with Gasteiger partial charge in [-0.2, -0.15) is 0 Å². The van der Waals surface area contributed by atoms with Crippen molar-refractivity contribution in [2.75, 3.05) is 0 Å². The van der Waals surface area contributed by atoms with Gasteiger partial charge in [0.25, 0.3) is 0 Å². The molecule has 1 aromatic carbocycles. The molecule has 0 N–H and O–H groups in total. The van der Waals surface area contributed by atoms with Crippen molar-refractivity contribution >= 4 is 5.78 Å². The van der Waals surface area contributed by atoms with E-state index in [4.69, 9.17) is 4.74 Å². The Kier molecular flexibility index (Phi) is 1.58. The molecule has 0 amide bonds. The molecule has 2 nitrogen and oxygen atoms in total. The summed E-state index contributed by atoms with van der Waals surface area (Å²) in [4.78, 5) is 12.4. The summed E-state index contributed by atoms with van der Waals surface area (Å²) in [6, 6.07) is 7.70. The van der Waals surface area contributed by atoms with Gasteiger partial charge in [-0.1, -0.05) is 12.1 Å². The average Bonchev–Trinajstić information content (AvgIpc) is 2.90. The van der Waals surface area contributed by atoms with Crippen LogP contribution in [0, 0.1) is 17.8 Å². The number of hydrogen-bond donors (Lipinski definition) is 0. The molecular weight excluding hydrogens is 200 g/mol. The Morgan fingerprint density at radius 3 is 2.88 bits per heavy atom. The molecule has 3 aliphatic rings. The number of ketones is 1.